The summed E-state index contributed by atoms with van der Waals surface area (Å²) in [5, 5.41) is 4.15. The molecule has 0 fully saturated rings. The maximum Gasteiger partial charge on any atom is 0.0666 e. The van der Waals surface area contributed by atoms with Gasteiger partial charge < -0.3 is 4.74 Å². The van der Waals surface area contributed by atoms with E-state index in [2.05, 4.69) is 5.10 Å². The molecule has 3 nitrogen and oxygen atoms in total. The molecule has 0 aliphatic carbocycles. The van der Waals surface area contributed by atoms with E-state index in [1.165, 1.54) is 5.56 Å². The first-order chi connectivity index (χ1) is 5.68. The second-order valence-electron chi connectivity index (χ2n) is 3.20. The molecule has 1 aromatic rings. The standard InChI is InChI=1S/C9H16N2O/c1-8(2)12-5-4-11-7-9(3)6-10-11/h6-8H,4-5H2,1-3H3. The molecule has 0 spiro atoms. The molecule has 0 amide bonds. The van der Waals surface area contributed by atoms with Crippen molar-refractivity contribution in [2.75, 3.05) is 6.61 Å². The largest absolute Gasteiger partial charge is 0.377 e. The van der Waals surface area contributed by atoms with E-state index in [0.717, 1.165) is 13.2 Å². The first kappa shape index (κ1) is 9.26. The van der Waals surface area contributed by atoms with Gasteiger partial charge in [-0.1, -0.05) is 0 Å². The van der Waals surface area contributed by atoms with E-state index in [9.17, 15) is 0 Å². The molecular formula is C9H16N2O. The Morgan fingerprint density at radius 2 is 2.33 bits per heavy atom. The third kappa shape index (κ3) is 3.05. The minimum Gasteiger partial charge on any atom is -0.377 e. The third-order valence-electron chi connectivity index (χ3n) is 1.53. The quantitative estimate of drug-likeness (QED) is 0.683. The van der Waals surface area contributed by atoms with Crippen LogP contribution in [0.5, 0.6) is 0 Å². The van der Waals surface area contributed by atoms with Crippen molar-refractivity contribution in [2.45, 2.75) is 33.4 Å². The van der Waals surface area contributed by atoms with Crippen LogP contribution in [0.3, 0.4) is 0 Å². The molecule has 0 unspecified atom stereocenters. The number of hydrogen-bond donors (Lipinski definition) is 0. The van der Waals surface area contributed by atoms with Gasteiger partial charge >= 0.3 is 0 Å². The minimum absolute atomic E-state index is 0.307. The Balaban J connectivity index is 2.24. The topological polar surface area (TPSA) is 27.1 Å². The summed E-state index contributed by atoms with van der Waals surface area (Å²) < 4.78 is 7.29. The molecule has 1 aromatic heterocycles. The van der Waals surface area contributed by atoms with E-state index in [1.54, 1.807) is 0 Å². The average Bonchev–Trinajstić information content (AvgIpc) is 2.35. The van der Waals surface area contributed by atoms with Crippen LogP contribution in [0.15, 0.2) is 12.4 Å². The van der Waals surface area contributed by atoms with E-state index in [-0.39, 0.29) is 0 Å². The molecule has 3 heteroatoms. The maximum atomic E-state index is 5.39. The summed E-state index contributed by atoms with van der Waals surface area (Å²) in [7, 11) is 0. The molecule has 68 valence electrons. The highest BCUT2D eigenvalue weighted by Gasteiger charge is 1.95. The van der Waals surface area contributed by atoms with Gasteiger partial charge in [0.1, 0.15) is 0 Å². The molecule has 0 saturated heterocycles. The fraction of sp³-hybridized carbons (Fsp3) is 0.667. The summed E-state index contributed by atoms with van der Waals surface area (Å²) >= 11 is 0. The van der Waals surface area contributed by atoms with Crippen molar-refractivity contribution >= 4 is 0 Å². The number of aryl methyl sites for hydroxylation is 1. The lowest BCUT2D eigenvalue weighted by Crippen LogP contribution is -2.10. The first-order valence-electron chi connectivity index (χ1n) is 4.29. The van der Waals surface area contributed by atoms with E-state index in [1.807, 2.05) is 37.8 Å². The predicted octanol–water partition coefficient (Wildman–Crippen LogP) is 1.62. The van der Waals surface area contributed by atoms with Gasteiger partial charge in [-0.25, -0.2) is 0 Å². The molecule has 1 heterocycles. The van der Waals surface area contributed by atoms with E-state index >= 15 is 0 Å². The van der Waals surface area contributed by atoms with E-state index < -0.39 is 0 Å². The van der Waals surface area contributed by atoms with Gasteiger partial charge in [0.05, 0.1) is 25.5 Å². The van der Waals surface area contributed by atoms with E-state index in [4.69, 9.17) is 4.74 Å². The minimum atomic E-state index is 0.307. The number of ether oxygens (including phenoxy) is 1. The smallest absolute Gasteiger partial charge is 0.0666 e. The van der Waals surface area contributed by atoms with Gasteiger partial charge in [0.25, 0.3) is 0 Å². The number of aromatic nitrogens is 2. The Hall–Kier alpha value is -0.830. The highest BCUT2D eigenvalue weighted by atomic mass is 16.5. The predicted molar refractivity (Wildman–Crippen MR) is 48.1 cm³/mol. The van der Waals surface area contributed by atoms with Gasteiger partial charge in [-0.05, 0) is 26.3 Å². The molecule has 0 aromatic carbocycles. The monoisotopic (exact) mass is 168 g/mol. The third-order valence-corrected chi connectivity index (χ3v) is 1.53. The summed E-state index contributed by atoms with van der Waals surface area (Å²) in [6, 6.07) is 0. The fourth-order valence-electron chi connectivity index (χ4n) is 0.971. The number of nitrogens with zero attached hydrogens (tertiary/aromatic N) is 2. The molecule has 0 bridgehead atoms. The summed E-state index contributed by atoms with van der Waals surface area (Å²) in [6.07, 6.45) is 4.18. The zero-order valence-corrected chi connectivity index (χ0v) is 7.95. The Morgan fingerprint density at radius 3 is 2.83 bits per heavy atom. The van der Waals surface area contributed by atoms with Crippen LogP contribution in [0.1, 0.15) is 19.4 Å². The molecule has 0 saturated carbocycles. The Kier molecular flexibility index (Phi) is 3.29. The molecule has 1 rings (SSSR count). The van der Waals surface area contributed by atoms with Crippen molar-refractivity contribution in [3.63, 3.8) is 0 Å². The lowest BCUT2D eigenvalue weighted by Gasteiger charge is -2.06. The van der Waals surface area contributed by atoms with Gasteiger partial charge in [-0.15, -0.1) is 0 Å². The van der Waals surface area contributed by atoms with Gasteiger partial charge in [-0.2, -0.15) is 5.10 Å². The first-order valence-corrected chi connectivity index (χ1v) is 4.29. The Labute approximate surface area is 73.3 Å². The second-order valence-corrected chi connectivity index (χ2v) is 3.20. The molecular weight excluding hydrogens is 152 g/mol. The second kappa shape index (κ2) is 4.26. The zero-order chi connectivity index (χ0) is 8.97. The van der Waals surface area contributed by atoms with Crippen LogP contribution < -0.4 is 0 Å². The van der Waals surface area contributed by atoms with Crippen LogP contribution in [0.2, 0.25) is 0 Å². The molecule has 0 aliphatic heterocycles. The van der Waals surface area contributed by atoms with Gasteiger partial charge in [0.15, 0.2) is 0 Å². The van der Waals surface area contributed by atoms with Crippen LogP contribution in [0.4, 0.5) is 0 Å². The van der Waals surface area contributed by atoms with E-state index in [0.29, 0.717) is 6.10 Å². The summed E-state index contributed by atoms with van der Waals surface area (Å²) in [5.41, 5.74) is 1.19. The van der Waals surface area contributed by atoms with Crippen molar-refractivity contribution < 1.29 is 4.74 Å². The van der Waals surface area contributed by atoms with Gasteiger partial charge in [0.2, 0.25) is 0 Å². The zero-order valence-electron chi connectivity index (χ0n) is 7.95. The van der Waals surface area contributed by atoms with Crippen molar-refractivity contribution in [3.05, 3.63) is 18.0 Å². The van der Waals surface area contributed by atoms with Crippen molar-refractivity contribution in [2.24, 2.45) is 0 Å². The van der Waals surface area contributed by atoms with Crippen LogP contribution in [-0.2, 0) is 11.3 Å². The van der Waals surface area contributed by atoms with Crippen molar-refractivity contribution in [1.82, 2.24) is 9.78 Å². The number of hydrogen-bond acceptors (Lipinski definition) is 2. The summed E-state index contributed by atoms with van der Waals surface area (Å²) in [6.45, 7) is 7.68. The summed E-state index contributed by atoms with van der Waals surface area (Å²) in [4.78, 5) is 0. The summed E-state index contributed by atoms with van der Waals surface area (Å²) in [5.74, 6) is 0. The Bertz CT molecular complexity index is 230. The molecule has 12 heavy (non-hydrogen) atoms. The molecule has 0 atom stereocenters. The lowest BCUT2D eigenvalue weighted by atomic mass is 10.4. The normalized spacial score (nSPS) is 11.0. The SMILES string of the molecule is Cc1cnn(CCOC(C)C)c1. The fourth-order valence-corrected chi connectivity index (χ4v) is 0.971. The maximum absolute atomic E-state index is 5.39. The van der Waals surface area contributed by atoms with Gasteiger partial charge in [0, 0.05) is 6.20 Å². The lowest BCUT2D eigenvalue weighted by molar-refractivity contribution is 0.0710. The van der Waals surface area contributed by atoms with Crippen LogP contribution in [-0.4, -0.2) is 22.5 Å². The van der Waals surface area contributed by atoms with Crippen molar-refractivity contribution in [1.29, 1.82) is 0 Å². The van der Waals surface area contributed by atoms with Crippen LogP contribution in [0.25, 0.3) is 0 Å². The highest BCUT2D eigenvalue weighted by molar-refractivity contribution is 4.99. The molecule has 0 N–H and O–H groups in total. The Morgan fingerprint density at radius 1 is 1.58 bits per heavy atom. The van der Waals surface area contributed by atoms with Crippen LogP contribution in [0, 0.1) is 6.92 Å². The average molecular weight is 168 g/mol. The molecule has 0 aliphatic rings. The van der Waals surface area contributed by atoms with Gasteiger partial charge in [-0.3, -0.25) is 4.68 Å². The highest BCUT2D eigenvalue weighted by Crippen LogP contribution is 1.95. The van der Waals surface area contributed by atoms with Crippen LogP contribution >= 0.6 is 0 Å². The van der Waals surface area contributed by atoms with Crippen molar-refractivity contribution in [3.8, 4) is 0 Å². The number of rotatable bonds is 4. The molecule has 0 radical (unpaired) electrons.